The van der Waals surface area contributed by atoms with Crippen LogP contribution in [0.5, 0.6) is 0 Å². The van der Waals surface area contributed by atoms with Crippen molar-refractivity contribution < 1.29 is 5.11 Å². The highest BCUT2D eigenvalue weighted by Gasteiger charge is 2.17. The van der Waals surface area contributed by atoms with Crippen molar-refractivity contribution in [2.24, 2.45) is 5.92 Å². The molecule has 0 aliphatic carbocycles. The molecule has 0 aromatic heterocycles. The number of aliphatic hydroxyl groups excluding tert-OH is 1. The lowest BCUT2D eigenvalue weighted by Gasteiger charge is -2.20. The fourth-order valence-corrected chi connectivity index (χ4v) is 2.84. The first kappa shape index (κ1) is 16.0. The van der Waals surface area contributed by atoms with Gasteiger partial charge < -0.3 is 5.11 Å². The fraction of sp³-hybridized carbons (Fsp3) is 0.600. The Balaban J connectivity index is 2.68. The molecule has 0 spiro atoms. The van der Waals surface area contributed by atoms with Gasteiger partial charge in [-0.15, -0.1) is 0 Å². The molecule has 1 nitrogen and oxygen atoms in total. The molecule has 2 atom stereocenters. The SMILES string of the molecule is CCCCC(CC)CC(O)c1cccc(Br)c1Cl. The number of unbranched alkanes of at least 4 members (excludes halogenated alkanes) is 1. The highest BCUT2D eigenvalue weighted by Crippen LogP contribution is 2.34. The van der Waals surface area contributed by atoms with Crippen molar-refractivity contribution in [2.45, 2.75) is 52.1 Å². The Kier molecular flexibility index (Phi) is 7.28. The Morgan fingerprint density at radius 3 is 2.67 bits per heavy atom. The molecular weight excluding hydrogens is 312 g/mol. The zero-order valence-electron chi connectivity index (χ0n) is 11.1. The van der Waals surface area contributed by atoms with Crippen molar-refractivity contribution in [2.75, 3.05) is 0 Å². The topological polar surface area (TPSA) is 20.2 Å². The molecule has 0 aliphatic heterocycles. The molecule has 3 heteroatoms. The minimum Gasteiger partial charge on any atom is -0.388 e. The number of hydrogen-bond donors (Lipinski definition) is 1. The van der Waals surface area contributed by atoms with Gasteiger partial charge in [-0.25, -0.2) is 0 Å². The first-order valence-electron chi connectivity index (χ1n) is 6.72. The van der Waals surface area contributed by atoms with Crippen LogP contribution in [-0.4, -0.2) is 5.11 Å². The van der Waals surface area contributed by atoms with Crippen molar-refractivity contribution in [3.63, 3.8) is 0 Å². The van der Waals surface area contributed by atoms with E-state index in [1.165, 1.54) is 19.3 Å². The Morgan fingerprint density at radius 1 is 1.33 bits per heavy atom. The summed E-state index contributed by atoms with van der Waals surface area (Å²) in [6.07, 6.45) is 5.09. The zero-order chi connectivity index (χ0) is 13.5. The zero-order valence-corrected chi connectivity index (χ0v) is 13.5. The number of benzene rings is 1. The Bertz CT molecular complexity index is 368. The minimum atomic E-state index is -0.461. The van der Waals surface area contributed by atoms with Crippen LogP contribution >= 0.6 is 27.5 Å². The molecule has 102 valence electrons. The van der Waals surface area contributed by atoms with Crippen molar-refractivity contribution in [1.29, 1.82) is 0 Å². The average Bonchev–Trinajstić information content (AvgIpc) is 2.37. The second-order valence-corrected chi connectivity index (χ2v) is 6.04. The van der Waals surface area contributed by atoms with Gasteiger partial charge in [0, 0.05) is 10.0 Å². The maximum Gasteiger partial charge on any atom is 0.0807 e. The quantitative estimate of drug-likeness (QED) is 0.674. The first-order valence-corrected chi connectivity index (χ1v) is 7.89. The second kappa shape index (κ2) is 8.19. The van der Waals surface area contributed by atoms with Crippen LogP contribution < -0.4 is 0 Å². The van der Waals surface area contributed by atoms with Crippen LogP contribution in [0.25, 0.3) is 0 Å². The molecule has 0 bridgehead atoms. The largest absolute Gasteiger partial charge is 0.388 e. The van der Waals surface area contributed by atoms with E-state index in [0.29, 0.717) is 10.9 Å². The average molecular weight is 334 g/mol. The summed E-state index contributed by atoms with van der Waals surface area (Å²) < 4.78 is 0.849. The Hall–Kier alpha value is -0.0500. The molecule has 2 unspecified atom stereocenters. The molecule has 1 aromatic carbocycles. The van der Waals surface area contributed by atoms with Crippen LogP contribution in [0.1, 0.15) is 57.6 Å². The van der Waals surface area contributed by atoms with Gasteiger partial charge in [0.2, 0.25) is 0 Å². The van der Waals surface area contributed by atoms with Gasteiger partial charge in [-0.05, 0) is 34.3 Å². The molecule has 0 aliphatic rings. The van der Waals surface area contributed by atoms with E-state index in [2.05, 4.69) is 29.8 Å². The van der Waals surface area contributed by atoms with E-state index in [9.17, 15) is 5.11 Å². The maximum absolute atomic E-state index is 10.3. The van der Waals surface area contributed by atoms with Gasteiger partial charge in [0.05, 0.1) is 11.1 Å². The summed E-state index contributed by atoms with van der Waals surface area (Å²) >= 11 is 9.61. The number of rotatable bonds is 7. The lowest BCUT2D eigenvalue weighted by molar-refractivity contribution is 0.139. The molecule has 1 aromatic rings. The van der Waals surface area contributed by atoms with Crippen molar-refractivity contribution in [3.05, 3.63) is 33.3 Å². The minimum absolute atomic E-state index is 0.461. The van der Waals surface area contributed by atoms with Crippen LogP contribution in [0.4, 0.5) is 0 Å². The molecule has 0 saturated heterocycles. The van der Waals surface area contributed by atoms with Gasteiger partial charge in [-0.1, -0.05) is 63.3 Å². The van der Waals surface area contributed by atoms with Gasteiger partial charge in [0.25, 0.3) is 0 Å². The summed E-state index contributed by atoms with van der Waals surface area (Å²) in [6, 6.07) is 5.72. The third-order valence-corrected chi connectivity index (χ3v) is 4.75. The first-order chi connectivity index (χ1) is 8.60. The molecule has 1 rings (SSSR count). The van der Waals surface area contributed by atoms with Crippen LogP contribution in [0.3, 0.4) is 0 Å². The van der Waals surface area contributed by atoms with E-state index >= 15 is 0 Å². The van der Waals surface area contributed by atoms with Crippen LogP contribution in [0.15, 0.2) is 22.7 Å². The van der Waals surface area contributed by atoms with E-state index in [1.54, 1.807) is 0 Å². The third-order valence-electron chi connectivity index (χ3n) is 3.44. The number of halogens is 2. The smallest absolute Gasteiger partial charge is 0.0807 e. The number of hydrogen-bond acceptors (Lipinski definition) is 1. The fourth-order valence-electron chi connectivity index (χ4n) is 2.20. The maximum atomic E-state index is 10.3. The molecule has 0 saturated carbocycles. The van der Waals surface area contributed by atoms with Crippen LogP contribution in [0.2, 0.25) is 5.02 Å². The van der Waals surface area contributed by atoms with E-state index < -0.39 is 6.10 Å². The standard InChI is InChI=1S/C15H22BrClO/c1-3-5-7-11(4-2)10-14(18)12-8-6-9-13(16)15(12)17/h6,8-9,11,14,18H,3-5,7,10H2,1-2H3. The van der Waals surface area contributed by atoms with Gasteiger partial charge in [-0.3, -0.25) is 0 Å². The Labute approximate surface area is 124 Å². The molecule has 1 N–H and O–H groups in total. The van der Waals surface area contributed by atoms with Gasteiger partial charge in [0.15, 0.2) is 0 Å². The lowest BCUT2D eigenvalue weighted by Crippen LogP contribution is -2.07. The number of aliphatic hydroxyl groups is 1. The molecular formula is C15H22BrClO. The summed E-state index contributed by atoms with van der Waals surface area (Å²) in [5, 5.41) is 11.0. The lowest BCUT2D eigenvalue weighted by atomic mass is 9.91. The van der Waals surface area contributed by atoms with Crippen LogP contribution in [0, 0.1) is 5.92 Å². The highest BCUT2D eigenvalue weighted by atomic mass is 79.9. The predicted octanol–water partition coefficient (Wildman–Crippen LogP) is 5.74. The monoisotopic (exact) mass is 332 g/mol. The molecule has 0 fully saturated rings. The van der Waals surface area contributed by atoms with E-state index in [-0.39, 0.29) is 0 Å². The third kappa shape index (κ3) is 4.56. The van der Waals surface area contributed by atoms with Gasteiger partial charge >= 0.3 is 0 Å². The van der Waals surface area contributed by atoms with Gasteiger partial charge in [0.1, 0.15) is 0 Å². The van der Waals surface area contributed by atoms with Gasteiger partial charge in [-0.2, -0.15) is 0 Å². The molecule has 18 heavy (non-hydrogen) atoms. The predicted molar refractivity (Wildman–Crippen MR) is 82.0 cm³/mol. The van der Waals surface area contributed by atoms with Crippen LogP contribution in [-0.2, 0) is 0 Å². The summed E-state index contributed by atoms with van der Waals surface area (Å²) in [7, 11) is 0. The van der Waals surface area contributed by atoms with E-state index in [1.807, 2.05) is 18.2 Å². The summed E-state index contributed by atoms with van der Waals surface area (Å²) in [6.45, 7) is 4.39. The molecule has 0 radical (unpaired) electrons. The highest BCUT2D eigenvalue weighted by molar-refractivity contribution is 9.10. The van der Waals surface area contributed by atoms with E-state index in [4.69, 9.17) is 11.6 Å². The summed E-state index contributed by atoms with van der Waals surface area (Å²) in [4.78, 5) is 0. The van der Waals surface area contributed by atoms with E-state index in [0.717, 1.165) is 22.9 Å². The normalized spacial score (nSPS) is 14.5. The molecule has 0 amide bonds. The van der Waals surface area contributed by atoms with Crippen molar-refractivity contribution >= 4 is 27.5 Å². The molecule has 0 heterocycles. The Morgan fingerprint density at radius 2 is 2.06 bits per heavy atom. The second-order valence-electron chi connectivity index (χ2n) is 4.81. The summed E-state index contributed by atoms with van der Waals surface area (Å²) in [5.41, 5.74) is 0.834. The van der Waals surface area contributed by atoms with Crippen molar-refractivity contribution in [1.82, 2.24) is 0 Å². The summed E-state index contributed by atoms with van der Waals surface area (Å²) in [5.74, 6) is 0.579. The van der Waals surface area contributed by atoms with Crippen molar-refractivity contribution in [3.8, 4) is 0 Å².